The van der Waals surface area contributed by atoms with E-state index in [4.69, 9.17) is 43.6 Å². The van der Waals surface area contributed by atoms with Crippen LogP contribution in [0.4, 0.5) is 5.69 Å². The predicted octanol–water partition coefficient (Wildman–Crippen LogP) is 8.37. The van der Waals surface area contributed by atoms with Gasteiger partial charge in [0.05, 0.1) is 20.6 Å². The van der Waals surface area contributed by atoms with Crippen LogP contribution in [0, 0.1) is 0 Å². The van der Waals surface area contributed by atoms with E-state index < -0.39 is 0 Å². The van der Waals surface area contributed by atoms with Crippen molar-refractivity contribution in [3.05, 3.63) is 99.7 Å². The minimum absolute atomic E-state index is 0.343. The smallest absolute Gasteiger partial charge is 0.248 e. The standard InChI is InChI=1S/C26H15Cl3N2O3/c27-19-11-8-15(14-18(19)26-31-21-6-1-2-7-23(21)34-26)30-24(32)13-10-16-9-12-22(33-16)17-4-3-5-20(28)25(17)29/h1-14H,(H,30,32). The van der Waals surface area contributed by atoms with Crippen molar-refractivity contribution in [1.82, 2.24) is 4.98 Å². The van der Waals surface area contributed by atoms with Gasteiger partial charge in [0.25, 0.3) is 0 Å². The van der Waals surface area contributed by atoms with Crippen LogP contribution in [0.1, 0.15) is 5.76 Å². The fourth-order valence-corrected chi connectivity index (χ4v) is 3.97. The van der Waals surface area contributed by atoms with Gasteiger partial charge >= 0.3 is 0 Å². The van der Waals surface area contributed by atoms with E-state index in [0.717, 1.165) is 5.52 Å². The Balaban J connectivity index is 1.32. The van der Waals surface area contributed by atoms with Gasteiger partial charge in [-0.3, -0.25) is 4.79 Å². The Labute approximate surface area is 209 Å². The van der Waals surface area contributed by atoms with E-state index in [1.165, 1.54) is 6.08 Å². The molecule has 0 saturated heterocycles. The second kappa shape index (κ2) is 9.39. The maximum Gasteiger partial charge on any atom is 0.248 e. The van der Waals surface area contributed by atoms with E-state index >= 15 is 0 Å². The molecule has 8 heteroatoms. The first-order chi connectivity index (χ1) is 16.5. The first-order valence-corrected chi connectivity index (χ1v) is 11.3. The zero-order valence-corrected chi connectivity index (χ0v) is 19.7. The van der Waals surface area contributed by atoms with E-state index in [9.17, 15) is 4.79 Å². The van der Waals surface area contributed by atoms with E-state index in [2.05, 4.69) is 10.3 Å². The minimum Gasteiger partial charge on any atom is -0.457 e. The number of carbonyl (C=O) groups is 1. The third-order valence-electron chi connectivity index (χ3n) is 5.00. The average molecular weight is 510 g/mol. The van der Waals surface area contributed by atoms with Crippen LogP contribution in [-0.2, 0) is 4.79 Å². The van der Waals surface area contributed by atoms with Crippen LogP contribution in [0.2, 0.25) is 15.1 Å². The van der Waals surface area contributed by atoms with Crippen LogP contribution < -0.4 is 5.32 Å². The number of nitrogens with one attached hydrogen (secondary N) is 1. The Morgan fingerprint density at radius 3 is 2.56 bits per heavy atom. The number of nitrogens with zero attached hydrogens (tertiary/aromatic N) is 1. The quantitative estimate of drug-likeness (QED) is 0.242. The van der Waals surface area contributed by atoms with Crippen LogP contribution in [0.5, 0.6) is 0 Å². The molecule has 34 heavy (non-hydrogen) atoms. The lowest BCUT2D eigenvalue weighted by Crippen LogP contribution is -2.07. The molecule has 0 fully saturated rings. The maximum absolute atomic E-state index is 12.5. The zero-order valence-electron chi connectivity index (χ0n) is 17.4. The molecule has 0 radical (unpaired) electrons. The number of carbonyl (C=O) groups excluding carboxylic acids is 1. The molecule has 2 aromatic heterocycles. The number of para-hydroxylation sites is 2. The Kier molecular flexibility index (Phi) is 6.16. The summed E-state index contributed by atoms with van der Waals surface area (Å²) in [5.41, 5.74) is 3.17. The summed E-state index contributed by atoms with van der Waals surface area (Å²) in [6.07, 6.45) is 2.94. The minimum atomic E-state index is -0.343. The first-order valence-electron chi connectivity index (χ1n) is 10.2. The Hall–Kier alpha value is -3.51. The number of halogens is 3. The number of rotatable bonds is 5. The molecule has 5 rings (SSSR count). The average Bonchev–Trinajstić information content (AvgIpc) is 3.48. The van der Waals surface area contributed by atoms with Crippen molar-refractivity contribution >= 4 is 63.6 Å². The number of hydrogen-bond acceptors (Lipinski definition) is 4. The number of aromatic nitrogens is 1. The van der Waals surface area contributed by atoms with Gasteiger partial charge in [-0.1, -0.05) is 53.0 Å². The highest BCUT2D eigenvalue weighted by Crippen LogP contribution is 2.35. The molecule has 0 saturated carbocycles. The van der Waals surface area contributed by atoms with E-state index in [-0.39, 0.29) is 5.91 Å². The zero-order chi connectivity index (χ0) is 23.7. The molecule has 1 N–H and O–H groups in total. The van der Waals surface area contributed by atoms with Gasteiger partial charge in [0.1, 0.15) is 17.0 Å². The lowest BCUT2D eigenvalue weighted by molar-refractivity contribution is -0.111. The van der Waals surface area contributed by atoms with Crippen LogP contribution in [0.3, 0.4) is 0 Å². The van der Waals surface area contributed by atoms with E-state index in [1.807, 2.05) is 30.3 Å². The number of hydrogen-bond donors (Lipinski definition) is 1. The molecule has 0 bridgehead atoms. The van der Waals surface area contributed by atoms with Crippen LogP contribution in [0.15, 0.2) is 87.7 Å². The number of oxazole rings is 1. The van der Waals surface area contributed by atoms with Crippen molar-refractivity contribution < 1.29 is 13.6 Å². The summed E-state index contributed by atoms with van der Waals surface area (Å²) >= 11 is 18.7. The van der Waals surface area contributed by atoms with Crippen molar-refractivity contribution in [2.75, 3.05) is 5.32 Å². The number of anilines is 1. The van der Waals surface area contributed by atoms with Gasteiger partial charge in [-0.05, 0) is 60.7 Å². The van der Waals surface area contributed by atoms with Crippen molar-refractivity contribution in [2.45, 2.75) is 0 Å². The summed E-state index contributed by atoms with van der Waals surface area (Å²) < 4.78 is 11.6. The van der Waals surface area contributed by atoms with Gasteiger partial charge in [-0.2, -0.15) is 0 Å². The third-order valence-corrected chi connectivity index (χ3v) is 6.15. The van der Waals surface area contributed by atoms with Gasteiger partial charge in [0, 0.05) is 17.3 Å². The highest BCUT2D eigenvalue weighted by molar-refractivity contribution is 6.43. The summed E-state index contributed by atoms with van der Waals surface area (Å²) in [5, 5.41) is 4.11. The lowest BCUT2D eigenvalue weighted by Gasteiger charge is -2.05. The van der Waals surface area contributed by atoms with Crippen LogP contribution in [-0.4, -0.2) is 10.9 Å². The molecule has 2 heterocycles. The van der Waals surface area contributed by atoms with E-state index in [0.29, 0.717) is 54.9 Å². The summed E-state index contributed by atoms with van der Waals surface area (Å²) in [4.78, 5) is 17.0. The van der Waals surface area contributed by atoms with Crippen molar-refractivity contribution in [2.24, 2.45) is 0 Å². The fourth-order valence-electron chi connectivity index (χ4n) is 3.38. The van der Waals surface area contributed by atoms with Crippen LogP contribution in [0.25, 0.3) is 40.0 Å². The molecule has 0 atom stereocenters. The molecule has 0 aliphatic carbocycles. The summed E-state index contributed by atoms with van der Waals surface area (Å²) in [5.74, 6) is 1.07. The van der Waals surface area contributed by atoms with Crippen LogP contribution >= 0.6 is 34.8 Å². The number of benzene rings is 3. The second-order valence-corrected chi connectivity index (χ2v) is 8.50. The summed E-state index contributed by atoms with van der Waals surface area (Å²) in [6, 6.07) is 21.3. The Bertz CT molecular complexity index is 1520. The number of fused-ring (bicyclic) bond motifs is 1. The van der Waals surface area contributed by atoms with Gasteiger partial charge in [-0.15, -0.1) is 0 Å². The molecular formula is C26H15Cl3N2O3. The number of amides is 1. The summed E-state index contributed by atoms with van der Waals surface area (Å²) in [7, 11) is 0. The molecule has 3 aromatic carbocycles. The Morgan fingerprint density at radius 1 is 0.853 bits per heavy atom. The van der Waals surface area contributed by atoms with Gasteiger partial charge in [-0.25, -0.2) is 4.98 Å². The maximum atomic E-state index is 12.5. The molecule has 168 valence electrons. The van der Waals surface area contributed by atoms with Crippen molar-refractivity contribution in [3.8, 4) is 22.8 Å². The largest absolute Gasteiger partial charge is 0.457 e. The second-order valence-electron chi connectivity index (χ2n) is 7.31. The predicted molar refractivity (Wildman–Crippen MR) is 136 cm³/mol. The van der Waals surface area contributed by atoms with Crippen molar-refractivity contribution in [1.29, 1.82) is 0 Å². The van der Waals surface area contributed by atoms with Gasteiger partial charge in [0.2, 0.25) is 11.8 Å². The molecule has 0 unspecified atom stereocenters. The van der Waals surface area contributed by atoms with Crippen molar-refractivity contribution in [3.63, 3.8) is 0 Å². The lowest BCUT2D eigenvalue weighted by atomic mass is 10.2. The molecule has 0 spiro atoms. The first kappa shape index (κ1) is 22.3. The monoisotopic (exact) mass is 508 g/mol. The highest BCUT2D eigenvalue weighted by Gasteiger charge is 2.13. The topological polar surface area (TPSA) is 68.3 Å². The van der Waals surface area contributed by atoms with Gasteiger partial charge < -0.3 is 14.2 Å². The summed E-state index contributed by atoms with van der Waals surface area (Å²) in [6.45, 7) is 0. The fraction of sp³-hybridized carbons (Fsp3) is 0. The molecule has 0 aliphatic rings. The SMILES string of the molecule is O=C(C=Cc1ccc(-c2cccc(Cl)c2Cl)o1)Nc1ccc(Cl)c(-c2nc3ccccc3o2)c1. The number of furan rings is 1. The van der Waals surface area contributed by atoms with Gasteiger partial charge in [0.15, 0.2) is 5.58 Å². The molecular weight excluding hydrogens is 495 g/mol. The molecule has 0 aliphatic heterocycles. The molecule has 5 nitrogen and oxygen atoms in total. The highest BCUT2D eigenvalue weighted by atomic mass is 35.5. The third kappa shape index (κ3) is 4.59. The Morgan fingerprint density at radius 2 is 1.71 bits per heavy atom. The molecule has 1 amide bonds. The van der Waals surface area contributed by atoms with E-state index in [1.54, 1.807) is 48.5 Å². The normalized spacial score (nSPS) is 11.4. The molecule has 5 aromatic rings.